The summed E-state index contributed by atoms with van der Waals surface area (Å²) in [6.07, 6.45) is -0.240. The van der Waals surface area contributed by atoms with Crippen molar-refractivity contribution in [2.45, 2.75) is 51.4 Å². The van der Waals surface area contributed by atoms with Crippen molar-refractivity contribution in [2.75, 3.05) is 19.6 Å². The van der Waals surface area contributed by atoms with Gasteiger partial charge in [0.2, 0.25) is 0 Å². The molecule has 1 aliphatic heterocycles. The monoisotopic (exact) mass is 337 g/mol. The van der Waals surface area contributed by atoms with E-state index in [1.54, 1.807) is 20.8 Å². The van der Waals surface area contributed by atoms with Gasteiger partial charge in [-0.25, -0.2) is 13.8 Å². The van der Waals surface area contributed by atoms with Crippen LogP contribution in [0.2, 0.25) is 0 Å². The van der Waals surface area contributed by atoms with Crippen molar-refractivity contribution in [2.24, 2.45) is 0 Å². The first-order valence-electron chi connectivity index (χ1n) is 6.90. The highest BCUT2D eigenvalue weighted by atomic mass is 32.2. The molecule has 1 saturated heterocycles. The Morgan fingerprint density at radius 3 is 2.45 bits per heavy atom. The van der Waals surface area contributed by atoms with Gasteiger partial charge in [-0.1, -0.05) is 0 Å². The third kappa shape index (κ3) is 5.90. The van der Waals surface area contributed by atoms with Crippen LogP contribution in [0.3, 0.4) is 0 Å². The Balaban J connectivity index is 2.79. The fourth-order valence-electron chi connectivity index (χ4n) is 2.13. The van der Waals surface area contributed by atoms with Gasteiger partial charge in [0.15, 0.2) is 11.1 Å². The topological polar surface area (TPSA) is 102 Å². The zero-order chi connectivity index (χ0) is 16.9. The summed E-state index contributed by atoms with van der Waals surface area (Å²) in [4.78, 5) is 25.3. The van der Waals surface area contributed by atoms with Gasteiger partial charge in [-0.05, 0) is 33.6 Å². The third-order valence-corrected chi connectivity index (χ3v) is 3.38. The number of esters is 1. The number of ether oxygens (including phenoxy) is 3. The fraction of sp³-hybridized carbons (Fsp3) is 0.846. The van der Waals surface area contributed by atoms with Crippen LogP contribution in [0.25, 0.3) is 0 Å². The van der Waals surface area contributed by atoms with Gasteiger partial charge in [0.05, 0.1) is 19.8 Å². The molecule has 1 rings (SSSR count). The number of hydrogen-bond donors (Lipinski definition) is 1. The van der Waals surface area contributed by atoms with Crippen LogP contribution in [0.4, 0.5) is 4.79 Å². The number of nitrogens with zero attached hydrogens (tertiary/aromatic N) is 1. The lowest BCUT2D eigenvalue weighted by Crippen LogP contribution is -2.54. The summed E-state index contributed by atoms with van der Waals surface area (Å²) in [5, 5.41) is 0. The van der Waals surface area contributed by atoms with Gasteiger partial charge in [-0.2, -0.15) is 0 Å². The van der Waals surface area contributed by atoms with Gasteiger partial charge in [0.25, 0.3) is 0 Å². The van der Waals surface area contributed by atoms with Crippen LogP contribution in [-0.2, 0) is 30.1 Å². The molecule has 0 aliphatic carbocycles. The Labute approximate surface area is 132 Å². The van der Waals surface area contributed by atoms with E-state index >= 15 is 0 Å². The van der Waals surface area contributed by atoms with Gasteiger partial charge < -0.3 is 18.8 Å². The summed E-state index contributed by atoms with van der Waals surface area (Å²) in [5.41, 5.74) is -0.696. The molecule has 3 atom stereocenters. The van der Waals surface area contributed by atoms with E-state index in [1.165, 1.54) is 12.0 Å². The Hall–Kier alpha value is -1.19. The van der Waals surface area contributed by atoms with E-state index in [-0.39, 0.29) is 12.5 Å². The van der Waals surface area contributed by atoms with E-state index in [0.29, 0.717) is 12.8 Å². The predicted molar refractivity (Wildman–Crippen MR) is 78.5 cm³/mol. The van der Waals surface area contributed by atoms with E-state index in [0.717, 1.165) is 0 Å². The molecule has 128 valence electrons. The van der Waals surface area contributed by atoms with Gasteiger partial charge in [-0.3, -0.25) is 4.90 Å². The van der Waals surface area contributed by atoms with Crippen LogP contribution in [0.5, 0.6) is 0 Å². The average molecular weight is 337 g/mol. The highest BCUT2D eigenvalue weighted by molar-refractivity contribution is 7.79. The Morgan fingerprint density at radius 1 is 1.32 bits per heavy atom. The summed E-state index contributed by atoms with van der Waals surface area (Å²) in [6, 6.07) is -0.737. The Bertz CT molecular complexity index is 435. The molecule has 22 heavy (non-hydrogen) atoms. The minimum absolute atomic E-state index is 0.103. The van der Waals surface area contributed by atoms with Crippen molar-refractivity contribution >= 4 is 23.1 Å². The molecule has 1 aliphatic rings. The number of amides is 1. The molecule has 0 radical (unpaired) electrons. The van der Waals surface area contributed by atoms with Crippen LogP contribution in [0, 0.1) is 0 Å². The molecule has 9 heteroatoms. The van der Waals surface area contributed by atoms with Crippen molar-refractivity contribution < 1.29 is 32.6 Å². The van der Waals surface area contributed by atoms with E-state index in [9.17, 15) is 13.8 Å². The van der Waals surface area contributed by atoms with Gasteiger partial charge in [-0.15, -0.1) is 0 Å². The van der Waals surface area contributed by atoms with Gasteiger partial charge >= 0.3 is 12.1 Å². The maximum Gasteiger partial charge on any atom is 0.411 e. The van der Waals surface area contributed by atoms with Gasteiger partial charge in [0, 0.05) is 0 Å². The molecule has 0 spiro atoms. The highest BCUT2D eigenvalue weighted by Crippen LogP contribution is 2.23. The lowest BCUT2D eigenvalue weighted by Gasteiger charge is -2.38. The number of rotatable bonds is 4. The van der Waals surface area contributed by atoms with Crippen molar-refractivity contribution in [3.63, 3.8) is 0 Å². The molecule has 0 saturated carbocycles. The zero-order valence-corrected chi connectivity index (χ0v) is 14.1. The molecule has 3 unspecified atom stereocenters. The molecule has 1 amide bonds. The number of methoxy groups -OCH3 is 1. The largest absolute Gasteiger partial charge is 0.467 e. The lowest BCUT2D eigenvalue weighted by atomic mass is 10.0. The van der Waals surface area contributed by atoms with Crippen molar-refractivity contribution in [3.8, 4) is 0 Å². The molecular formula is C13H23NO7S. The molecule has 0 aromatic rings. The Morgan fingerprint density at radius 2 is 1.95 bits per heavy atom. The number of carbonyl (C=O) groups is 2. The van der Waals surface area contributed by atoms with E-state index in [2.05, 4.69) is 0 Å². The zero-order valence-electron chi connectivity index (χ0n) is 13.2. The van der Waals surface area contributed by atoms with Crippen LogP contribution in [0.1, 0.15) is 33.6 Å². The first-order chi connectivity index (χ1) is 10.1. The smallest absolute Gasteiger partial charge is 0.411 e. The fourth-order valence-corrected chi connectivity index (χ4v) is 2.44. The molecule has 1 heterocycles. The quantitative estimate of drug-likeness (QED) is 0.606. The normalized spacial score (nSPS) is 23.8. The Kier molecular flexibility index (Phi) is 6.76. The molecule has 1 fully saturated rings. The number of likely N-dealkylation sites (tertiary alicyclic amines) is 1. The second-order valence-corrected chi connectivity index (χ2v) is 6.86. The molecule has 8 nitrogen and oxygen atoms in total. The van der Waals surface area contributed by atoms with Crippen molar-refractivity contribution in [3.05, 3.63) is 0 Å². The number of piperidine rings is 1. The minimum Gasteiger partial charge on any atom is -0.467 e. The van der Waals surface area contributed by atoms with Crippen molar-refractivity contribution in [1.82, 2.24) is 4.90 Å². The molecule has 0 bridgehead atoms. The summed E-state index contributed by atoms with van der Waals surface area (Å²) in [7, 11) is 1.26. The number of carbonyl (C=O) groups excluding carboxylic acids is 2. The van der Waals surface area contributed by atoms with E-state index in [1.807, 2.05) is 0 Å². The molecule has 0 aromatic carbocycles. The number of hydrogen-bond acceptors (Lipinski definition) is 6. The summed E-state index contributed by atoms with van der Waals surface area (Å²) in [5.74, 6) is -0.856. The minimum atomic E-state index is -2.07. The summed E-state index contributed by atoms with van der Waals surface area (Å²) >= 11 is -2.07. The molecule has 0 aromatic heterocycles. The van der Waals surface area contributed by atoms with Crippen LogP contribution < -0.4 is 0 Å². The highest BCUT2D eigenvalue weighted by Gasteiger charge is 2.39. The van der Waals surface area contributed by atoms with Crippen LogP contribution in [-0.4, -0.2) is 63.1 Å². The van der Waals surface area contributed by atoms with E-state index < -0.39 is 40.9 Å². The van der Waals surface area contributed by atoms with Crippen LogP contribution >= 0.6 is 0 Å². The van der Waals surface area contributed by atoms with Crippen molar-refractivity contribution in [1.29, 1.82) is 0 Å². The van der Waals surface area contributed by atoms with Crippen LogP contribution in [0.15, 0.2) is 0 Å². The first kappa shape index (κ1) is 18.9. The van der Waals surface area contributed by atoms with Gasteiger partial charge in [0.1, 0.15) is 17.6 Å². The second kappa shape index (κ2) is 7.89. The maximum absolute atomic E-state index is 12.3. The third-order valence-electron chi connectivity index (χ3n) is 3.04. The molecule has 1 N–H and O–H groups in total. The second-order valence-electron chi connectivity index (χ2n) is 5.98. The molecular weight excluding hydrogens is 314 g/mol. The standard InChI is InChI=1S/C13H23NO7S/c1-13(2,3)21-12(16)14-7-9(20-8-22(17)18)5-6-10(14)11(15)19-4/h9-10H,5-8H2,1-4H3,(H,17,18). The summed E-state index contributed by atoms with van der Waals surface area (Å²) < 4.78 is 34.7. The predicted octanol–water partition coefficient (Wildman–Crippen LogP) is 1.12. The van der Waals surface area contributed by atoms with E-state index in [4.69, 9.17) is 18.8 Å². The summed E-state index contributed by atoms with van der Waals surface area (Å²) in [6.45, 7) is 5.28. The average Bonchev–Trinajstić information content (AvgIpc) is 2.42. The maximum atomic E-state index is 12.3. The SMILES string of the molecule is COC(=O)C1CCC(OCS(=O)O)CN1C(=O)OC(C)(C)C. The first-order valence-corrected chi connectivity index (χ1v) is 8.18. The lowest BCUT2D eigenvalue weighted by molar-refractivity contribution is -0.150.